The molecule has 0 bridgehead atoms. The van der Waals surface area contributed by atoms with E-state index in [1.807, 2.05) is 0 Å². The number of hydrogen-bond acceptors (Lipinski definition) is 2. The van der Waals surface area contributed by atoms with Crippen molar-refractivity contribution < 1.29 is 9.53 Å². The van der Waals surface area contributed by atoms with Crippen LogP contribution < -0.4 is 0 Å². The summed E-state index contributed by atoms with van der Waals surface area (Å²) in [5.41, 5.74) is 1.42. The normalized spacial score (nSPS) is 10.9. The summed E-state index contributed by atoms with van der Waals surface area (Å²) >= 11 is 0. The molecule has 0 N–H and O–H groups in total. The van der Waals surface area contributed by atoms with Gasteiger partial charge in [-0.1, -0.05) is 57.6 Å². The summed E-state index contributed by atoms with van der Waals surface area (Å²) in [5, 5.41) is 0. The monoisotopic (exact) mass is 295 g/mol. The predicted molar refractivity (Wildman–Crippen MR) is 91.1 cm³/mol. The zero-order valence-corrected chi connectivity index (χ0v) is 14.3. The van der Waals surface area contributed by atoms with Gasteiger partial charge in [0, 0.05) is 6.42 Å². The zero-order valence-electron chi connectivity index (χ0n) is 14.3. The third-order valence-corrected chi connectivity index (χ3v) is 3.63. The van der Waals surface area contributed by atoms with Crippen LogP contribution in [0.4, 0.5) is 0 Å². The van der Waals surface area contributed by atoms with Gasteiger partial charge in [-0.2, -0.15) is 0 Å². The number of allylic oxidation sites excluding steroid dienone is 1. The summed E-state index contributed by atoms with van der Waals surface area (Å²) in [6.07, 6.45) is 13.7. The first kappa shape index (κ1) is 20.2. The maximum absolute atomic E-state index is 11.3. The van der Waals surface area contributed by atoms with Crippen LogP contribution in [0.2, 0.25) is 0 Å². The summed E-state index contributed by atoms with van der Waals surface area (Å²) in [5.74, 6) is -0.113. The molecule has 2 nitrogen and oxygen atoms in total. The van der Waals surface area contributed by atoms with Crippen LogP contribution in [-0.2, 0) is 9.53 Å². The molecule has 1 unspecified atom stereocenters. The molecule has 0 heterocycles. The molecule has 123 valence electrons. The van der Waals surface area contributed by atoms with Gasteiger partial charge in [-0.25, -0.2) is 0 Å². The Morgan fingerprint density at radius 3 is 1.90 bits per heavy atom. The van der Waals surface area contributed by atoms with Crippen molar-refractivity contribution in [2.24, 2.45) is 0 Å². The minimum absolute atomic E-state index is 0.113. The fraction of sp³-hybridized carbons (Fsp3) is 0.789. The lowest BCUT2D eigenvalue weighted by Gasteiger charge is -2.07. The summed E-state index contributed by atoms with van der Waals surface area (Å²) in [6.45, 7) is 11.8. The van der Waals surface area contributed by atoms with Crippen molar-refractivity contribution in [1.29, 1.82) is 0 Å². The molecule has 0 aromatic carbocycles. The summed E-state index contributed by atoms with van der Waals surface area (Å²) in [6, 6.07) is 0. The van der Waals surface area contributed by atoms with Gasteiger partial charge >= 0.3 is 5.97 Å². The number of carbonyl (C=O) groups is 1. The fourth-order valence-electron chi connectivity index (χ4n) is 2.38. The Morgan fingerprint density at radius 1 is 0.905 bits per heavy atom. The molecule has 1 atom stereocenters. The van der Waals surface area contributed by atoms with Gasteiger partial charge in [-0.3, -0.25) is 4.79 Å². The Balaban J connectivity index is 3.28. The highest BCUT2D eigenvalue weighted by atomic mass is 16.5. The Hall–Kier alpha value is -0.790. The number of esters is 1. The molecule has 21 heavy (non-hydrogen) atoms. The number of ether oxygens (including phenoxy) is 1. The fourth-order valence-corrected chi connectivity index (χ4v) is 2.38. The molecule has 0 aromatic heterocycles. The maximum atomic E-state index is 11.3. The largest absolute Gasteiger partial charge is 0.463 e. The lowest BCUT2D eigenvalue weighted by molar-refractivity contribution is -0.146. The Kier molecular flexibility index (Phi) is 13.6. The van der Waals surface area contributed by atoms with E-state index in [0.29, 0.717) is 6.42 Å². The molecular formula is C19H35O2. The van der Waals surface area contributed by atoms with E-state index in [-0.39, 0.29) is 12.1 Å². The van der Waals surface area contributed by atoms with Crippen molar-refractivity contribution in [3.05, 3.63) is 19.1 Å². The SMILES string of the molecule is [CH2]C(C)OC(=O)CCCCCCCC(=C)CCCCCC. The number of carbonyl (C=O) groups excluding carboxylic acids is 1. The van der Waals surface area contributed by atoms with E-state index in [9.17, 15) is 4.79 Å². The molecule has 0 saturated heterocycles. The molecule has 0 aliphatic heterocycles. The van der Waals surface area contributed by atoms with E-state index < -0.39 is 0 Å². The minimum Gasteiger partial charge on any atom is -0.463 e. The molecule has 0 aliphatic rings. The van der Waals surface area contributed by atoms with Crippen molar-refractivity contribution in [2.75, 3.05) is 0 Å². The first-order chi connectivity index (χ1) is 10.1. The second-order valence-electron chi connectivity index (χ2n) is 6.13. The van der Waals surface area contributed by atoms with Crippen molar-refractivity contribution in [1.82, 2.24) is 0 Å². The number of rotatable bonds is 14. The molecule has 0 saturated carbocycles. The van der Waals surface area contributed by atoms with E-state index in [1.54, 1.807) is 6.92 Å². The van der Waals surface area contributed by atoms with Crippen LogP contribution in [0.1, 0.15) is 90.9 Å². The number of unbranched alkanes of at least 4 members (excludes halogenated alkanes) is 7. The number of hydrogen-bond donors (Lipinski definition) is 0. The summed E-state index contributed by atoms with van der Waals surface area (Å²) in [4.78, 5) is 11.3. The van der Waals surface area contributed by atoms with E-state index in [2.05, 4.69) is 20.4 Å². The van der Waals surface area contributed by atoms with Gasteiger partial charge in [0.25, 0.3) is 0 Å². The third kappa shape index (κ3) is 15.4. The zero-order chi connectivity index (χ0) is 15.9. The van der Waals surface area contributed by atoms with Gasteiger partial charge in [0.15, 0.2) is 0 Å². The van der Waals surface area contributed by atoms with E-state index in [4.69, 9.17) is 4.74 Å². The second kappa shape index (κ2) is 14.2. The Morgan fingerprint density at radius 2 is 1.38 bits per heavy atom. The van der Waals surface area contributed by atoms with E-state index >= 15 is 0 Å². The average Bonchev–Trinajstić information content (AvgIpc) is 2.41. The first-order valence-electron chi connectivity index (χ1n) is 8.75. The van der Waals surface area contributed by atoms with Crippen LogP contribution in [-0.4, -0.2) is 12.1 Å². The smallest absolute Gasteiger partial charge is 0.306 e. The Bertz CT molecular complexity index is 269. The van der Waals surface area contributed by atoms with Gasteiger partial charge in [0.2, 0.25) is 0 Å². The molecule has 0 aliphatic carbocycles. The van der Waals surface area contributed by atoms with Crippen molar-refractivity contribution in [3.8, 4) is 0 Å². The molecule has 2 heteroatoms. The second-order valence-corrected chi connectivity index (χ2v) is 6.13. The Labute approximate surface area is 132 Å². The first-order valence-corrected chi connectivity index (χ1v) is 8.75. The average molecular weight is 295 g/mol. The van der Waals surface area contributed by atoms with Crippen LogP contribution in [0.5, 0.6) is 0 Å². The molecule has 0 spiro atoms. The standard InChI is InChI=1S/C19H35O2/c1-5-6-7-11-14-18(4)15-12-9-8-10-13-16-19(20)21-17(2)3/h17H,2,4-16H2,1,3H3. The highest BCUT2D eigenvalue weighted by molar-refractivity contribution is 5.69. The van der Waals surface area contributed by atoms with Crippen LogP contribution >= 0.6 is 0 Å². The van der Waals surface area contributed by atoms with Crippen molar-refractivity contribution in [2.45, 2.75) is 97.0 Å². The summed E-state index contributed by atoms with van der Waals surface area (Å²) in [7, 11) is 0. The highest BCUT2D eigenvalue weighted by Crippen LogP contribution is 2.16. The molecule has 0 rings (SSSR count). The van der Waals surface area contributed by atoms with Gasteiger partial charge in [0.05, 0.1) is 6.10 Å². The van der Waals surface area contributed by atoms with Crippen LogP contribution in [0.3, 0.4) is 0 Å². The van der Waals surface area contributed by atoms with Crippen LogP contribution in [0.25, 0.3) is 0 Å². The van der Waals surface area contributed by atoms with Gasteiger partial charge < -0.3 is 4.74 Å². The topological polar surface area (TPSA) is 26.3 Å². The van der Waals surface area contributed by atoms with Crippen LogP contribution in [0.15, 0.2) is 12.2 Å². The molecule has 1 radical (unpaired) electrons. The lowest BCUT2D eigenvalue weighted by Crippen LogP contribution is -2.11. The lowest BCUT2D eigenvalue weighted by atomic mass is 10.0. The molecule has 0 amide bonds. The maximum Gasteiger partial charge on any atom is 0.306 e. The van der Waals surface area contributed by atoms with Gasteiger partial charge in [0.1, 0.15) is 0 Å². The minimum atomic E-state index is -0.235. The quantitative estimate of drug-likeness (QED) is 0.223. The molecular weight excluding hydrogens is 260 g/mol. The third-order valence-electron chi connectivity index (χ3n) is 3.63. The predicted octanol–water partition coefficient (Wildman–Crippen LogP) is 6.01. The molecule has 0 aromatic rings. The van der Waals surface area contributed by atoms with E-state index in [0.717, 1.165) is 12.8 Å². The van der Waals surface area contributed by atoms with Crippen LogP contribution in [0, 0.1) is 6.92 Å². The highest BCUT2D eigenvalue weighted by Gasteiger charge is 2.04. The molecule has 0 fully saturated rings. The van der Waals surface area contributed by atoms with Crippen molar-refractivity contribution >= 4 is 5.97 Å². The van der Waals surface area contributed by atoms with E-state index in [1.165, 1.54) is 63.4 Å². The van der Waals surface area contributed by atoms with Gasteiger partial charge in [-0.15, -0.1) is 0 Å². The van der Waals surface area contributed by atoms with Crippen molar-refractivity contribution in [3.63, 3.8) is 0 Å². The summed E-state index contributed by atoms with van der Waals surface area (Å²) < 4.78 is 5.00. The van der Waals surface area contributed by atoms with Gasteiger partial charge in [-0.05, 0) is 46.0 Å².